The van der Waals surface area contributed by atoms with Crippen molar-refractivity contribution in [3.05, 3.63) is 24.3 Å². The van der Waals surface area contributed by atoms with Crippen molar-refractivity contribution >= 4 is 22.9 Å². The molecule has 2 aromatic rings. The molecule has 4 nitrogen and oxygen atoms in total. The molecule has 4 heteroatoms. The summed E-state index contributed by atoms with van der Waals surface area (Å²) in [7, 11) is 0. The molecule has 1 heterocycles. The summed E-state index contributed by atoms with van der Waals surface area (Å²) in [6.45, 7) is 5.13. The van der Waals surface area contributed by atoms with Gasteiger partial charge in [0.1, 0.15) is 0 Å². The van der Waals surface area contributed by atoms with Gasteiger partial charge in [0.15, 0.2) is 0 Å². The molecule has 0 saturated heterocycles. The standard InChI is InChI=1S/C16H23N3O/c1-3-5-6-11-15(20)18-16-17-13-9-7-8-10-14(13)19(16)12-4-2/h7-10H,3-6,11-12H2,1-2H3,(H,17,18,20). The number of fused-ring (bicyclic) bond motifs is 1. The van der Waals surface area contributed by atoms with Crippen molar-refractivity contribution in [1.29, 1.82) is 0 Å². The minimum atomic E-state index is 0.0612. The lowest BCUT2D eigenvalue weighted by Gasteiger charge is -2.08. The van der Waals surface area contributed by atoms with Crippen molar-refractivity contribution in [2.24, 2.45) is 0 Å². The highest BCUT2D eigenvalue weighted by Gasteiger charge is 2.12. The summed E-state index contributed by atoms with van der Waals surface area (Å²) in [6, 6.07) is 8.00. The molecular formula is C16H23N3O. The van der Waals surface area contributed by atoms with Gasteiger partial charge in [-0.3, -0.25) is 10.1 Å². The molecule has 1 aromatic carbocycles. The third kappa shape index (κ3) is 3.38. The van der Waals surface area contributed by atoms with E-state index in [0.29, 0.717) is 12.4 Å². The number of hydrogen-bond acceptors (Lipinski definition) is 2. The fourth-order valence-corrected chi connectivity index (χ4v) is 2.34. The van der Waals surface area contributed by atoms with Gasteiger partial charge in [0, 0.05) is 13.0 Å². The molecular weight excluding hydrogens is 250 g/mol. The lowest BCUT2D eigenvalue weighted by Crippen LogP contribution is -2.15. The minimum Gasteiger partial charge on any atom is -0.310 e. The summed E-state index contributed by atoms with van der Waals surface area (Å²) in [6.07, 6.45) is 4.75. The first-order valence-corrected chi connectivity index (χ1v) is 7.51. The van der Waals surface area contributed by atoms with E-state index in [0.717, 1.165) is 43.3 Å². The Morgan fingerprint density at radius 3 is 2.75 bits per heavy atom. The van der Waals surface area contributed by atoms with Crippen LogP contribution in [0.15, 0.2) is 24.3 Å². The van der Waals surface area contributed by atoms with Crippen LogP contribution in [0.3, 0.4) is 0 Å². The predicted octanol–water partition coefficient (Wildman–Crippen LogP) is 3.97. The van der Waals surface area contributed by atoms with Gasteiger partial charge < -0.3 is 4.57 Å². The average molecular weight is 273 g/mol. The Bertz CT molecular complexity index is 574. The Morgan fingerprint density at radius 2 is 2.00 bits per heavy atom. The number of amides is 1. The van der Waals surface area contributed by atoms with E-state index in [1.54, 1.807) is 0 Å². The topological polar surface area (TPSA) is 46.9 Å². The van der Waals surface area contributed by atoms with Gasteiger partial charge in [-0.2, -0.15) is 0 Å². The number of unbranched alkanes of at least 4 members (excludes halogenated alkanes) is 2. The fourth-order valence-electron chi connectivity index (χ4n) is 2.34. The van der Waals surface area contributed by atoms with Crippen LogP contribution in [0.5, 0.6) is 0 Å². The van der Waals surface area contributed by atoms with Crippen LogP contribution in [0.2, 0.25) is 0 Å². The number of rotatable bonds is 7. The average Bonchev–Trinajstić information content (AvgIpc) is 2.78. The fraction of sp³-hybridized carbons (Fsp3) is 0.500. The van der Waals surface area contributed by atoms with Crippen LogP contribution in [-0.4, -0.2) is 15.5 Å². The molecule has 0 radical (unpaired) electrons. The number of hydrogen-bond donors (Lipinski definition) is 1. The van der Waals surface area contributed by atoms with Crippen LogP contribution in [0.1, 0.15) is 46.0 Å². The Labute approximate surface area is 120 Å². The number of aromatic nitrogens is 2. The highest BCUT2D eigenvalue weighted by Crippen LogP contribution is 2.20. The maximum atomic E-state index is 12.0. The molecule has 108 valence electrons. The molecule has 0 saturated carbocycles. The summed E-state index contributed by atoms with van der Waals surface area (Å²) in [5.74, 6) is 0.737. The lowest BCUT2D eigenvalue weighted by atomic mass is 10.2. The number of carbonyl (C=O) groups is 1. The third-order valence-corrected chi connectivity index (χ3v) is 3.36. The summed E-state index contributed by atoms with van der Waals surface area (Å²) in [4.78, 5) is 16.5. The molecule has 0 aliphatic carbocycles. The molecule has 1 amide bonds. The van der Waals surface area contributed by atoms with E-state index in [4.69, 9.17) is 0 Å². The molecule has 2 rings (SSSR count). The zero-order valence-corrected chi connectivity index (χ0v) is 12.4. The largest absolute Gasteiger partial charge is 0.310 e. The number of benzene rings is 1. The van der Waals surface area contributed by atoms with Crippen molar-refractivity contribution in [3.63, 3.8) is 0 Å². The van der Waals surface area contributed by atoms with E-state index in [9.17, 15) is 4.79 Å². The Kier molecular flexibility index (Phi) is 5.16. The van der Waals surface area contributed by atoms with Gasteiger partial charge in [0.25, 0.3) is 0 Å². The van der Waals surface area contributed by atoms with Gasteiger partial charge in [-0.25, -0.2) is 4.98 Å². The quantitative estimate of drug-likeness (QED) is 0.776. The van der Waals surface area contributed by atoms with Crippen molar-refractivity contribution < 1.29 is 4.79 Å². The minimum absolute atomic E-state index is 0.0612. The van der Waals surface area contributed by atoms with Gasteiger partial charge in [-0.15, -0.1) is 0 Å². The number of carbonyl (C=O) groups excluding carboxylic acids is 1. The Morgan fingerprint density at radius 1 is 1.20 bits per heavy atom. The SMILES string of the molecule is CCCCCC(=O)Nc1nc2ccccc2n1CCC. The third-order valence-electron chi connectivity index (χ3n) is 3.36. The summed E-state index contributed by atoms with van der Waals surface area (Å²) in [5.41, 5.74) is 2.02. The summed E-state index contributed by atoms with van der Waals surface area (Å²) < 4.78 is 2.09. The van der Waals surface area contributed by atoms with Crippen molar-refractivity contribution in [1.82, 2.24) is 9.55 Å². The number of anilines is 1. The molecule has 0 unspecified atom stereocenters. The van der Waals surface area contributed by atoms with Crippen molar-refractivity contribution in [2.75, 3.05) is 5.32 Å². The van der Waals surface area contributed by atoms with E-state index >= 15 is 0 Å². The van der Waals surface area contributed by atoms with Gasteiger partial charge >= 0.3 is 0 Å². The Hall–Kier alpha value is -1.84. The molecule has 20 heavy (non-hydrogen) atoms. The van der Waals surface area contributed by atoms with E-state index in [2.05, 4.69) is 28.7 Å². The number of nitrogens with one attached hydrogen (secondary N) is 1. The molecule has 0 atom stereocenters. The monoisotopic (exact) mass is 273 g/mol. The number of nitrogens with zero attached hydrogens (tertiary/aromatic N) is 2. The molecule has 1 N–H and O–H groups in total. The second kappa shape index (κ2) is 7.08. The van der Waals surface area contributed by atoms with Gasteiger partial charge in [-0.05, 0) is 25.0 Å². The molecule has 0 fully saturated rings. The summed E-state index contributed by atoms with van der Waals surface area (Å²) in [5, 5.41) is 2.96. The first kappa shape index (κ1) is 14.6. The van der Waals surface area contributed by atoms with E-state index in [1.165, 1.54) is 0 Å². The first-order valence-electron chi connectivity index (χ1n) is 7.51. The second-order valence-corrected chi connectivity index (χ2v) is 5.08. The highest BCUT2D eigenvalue weighted by molar-refractivity contribution is 5.91. The van der Waals surface area contributed by atoms with Gasteiger partial charge in [-0.1, -0.05) is 38.8 Å². The van der Waals surface area contributed by atoms with Gasteiger partial charge in [0.2, 0.25) is 11.9 Å². The lowest BCUT2D eigenvalue weighted by molar-refractivity contribution is -0.116. The van der Waals surface area contributed by atoms with Crippen molar-refractivity contribution in [3.8, 4) is 0 Å². The zero-order valence-electron chi connectivity index (χ0n) is 12.4. The van der Waals surface area contributed by atoms with Crippen LogP contribution >= 0.6 is 0 Å². The van der Waals surface area contributed by atoms with E-state index in [1.807, 2.05) is 24.3 Å². The maximum absolute atomic E-state index is 12.0. The predicted molar refractivity (Wildman–Crippen MR) is 82.8 cm³/mol. The van der Waals surface area contributed by atoms with E-state index < -0.39 is 0 Å². The molecule has 0 aliphatic heterocycles. The van der Waals surface area contributed by atoms with Crippen LogP contribution in [0, 0.1) is 0 Å². The second-order valence-electron chi connectivity index (χ2n) is 5.08. The number of imidazole rings is 1. The number of para-hydroxylation sites is 2. The van der Waals surface area contributed by atoms with Crippen molar-refractivity contribution in [2.45, 2.75) is 52.5 Å². The van der Waals surface area contributed by atoms with Crippen LogP contribution in [0.4, 0.5) is 5.95 Å². The van der Waals surface area contributed by atoms with Crippen LogP contribution in [-0.2, 0) is 11.3 Å². The first-order chi connectivity index (χ1) is 9.76. The molecule has 0 bridgehead atoms. The molecule has 1 aromatic heterocycles. The normalized spacial score (nSPS) is 10.9. The molecule has 0 spiro atoms. The Balaban J connectivity index is 2.16. The molecule has 0 aliphatic rings. The maximum Gasteiger partial charge on any atom is 0.226 e. The highest BCUT2D eigenvalue weighted by atomic mass is 16.1. The van der Waals surface area contributed by atoms with E-state index in [-0.39, 0.29) is 5.91 Å². The smallest absolute Gasteiger partial charge is 0.226 e. The van der Waals surface area contributed by atoms with Gasteiger partial charge in [0.05, 0.1) is 11.0 Å². The zero-order chi connectivity index (χ0) is 14.4. The number of aryl methyl sites for hydroxylation is 1. The summed E-state index contributed by atoms with van der Waals surface area (Å²) >= 11 is 0. The van der Waals surface area contributed by atoms with Crippen LogP contribution < -0.4 is 5.32 Å². The van der Waals surface area contributed by atoms with Crippen LogP contribution in [0.25, 0.3) is 11.0 Å².